The van der Waals surface area contributed by atoms with Crippen molar-refractivity contribution in [3.05, 3.63) is 35.9 Å². The number of aliphatic hydroxyl groups is 2. The van der Waals surface area contributed by atoms with E-state index in [0.29, 0.717) is 0 Å². The van der Waals surface area contributed by atoms with Gasteiger partial charge in [0.15, 0.2) is 17.7 Å². The molecule has 0 aromatic heterocycles. The maximum absolute atomic E-state index is 12.0. The molecule has 136 valence electrons. The fourth-order valence-electron chi connectivity index (χ4n) is 1.99. The van der Waals surface area contributed by atoms with E-state index in [9.17, 15) is 24.6 Å². The summed E-state index contributed by atoms with van der Waals surface area (Å²) in [6, 6.07) is 8.82. The molecule has 1 aromatic rings. The predicted molar refractivity (Wildman–Crippen MR) is 86.5 cm³/mol. The van der Waals surface area contributed by atoms with Crippen LogP contribution >= 0.6 is 11.8 Å². The third-order valence-corrected chi connectivity index (χ3v) is 5.12. The minimum Gasteiger partial charge on any atom is -0.408 e. The number of nitrogens with two attached hydrogens (primary N) is 2. The van der Waals surface area contributed by atoms with Crippen LogP contribution in [0, 0.1) is 0 Å². The summed E-state index contributed by atoms with van der Waals surface area (Å²) in [6.07, 6.45) is -4.34. The number of benzene rings is 1. The Bertz CT molecular complexity index is 658. The van der Waals surface area contributed by atoms with Gasteiger partial charge in [0.2, 0.25) is 5.91 Å². The van der Waals surface area contributed by atoms with E-state index in [1.165, 1.54) is 0 Å². The van der Waals surface area contributed by atoms with E-state index >= 15 is 0 Å². The molecule has 1 fully saturated rings. The number of primary amides is 1. The molecule has 1 aliphatic heterocycles. The molecule has 6 N–H and O–H groups in total. The number of hydrogen-bond donors (Lipinski definition) is 4. The first-order chi connectivity index (χ1) is 11.6. The molecule has 1 heterocycles. The number of rotatable bonds is 5. The van der Waals surface area contributed by atoms with Crippen molar-refractivity contribution in [3.63, 3.8) is 0 Å². The van der Waals surface area contributed by atoms with Gasteiger partial charge in [0.05, 0.1) is 0 Å². The van der Waals surface area contributed by atoms with Crippen LogP contribution in [-0.4, -0.2) is 50.9 Å². The molecule has 0 aliphatic carbocycles. The predicted octanol–water partition coefficient (Wildman–Crippen LogP) is -1.40. The Kier molecular flexibility index (Phi) is 5.37. The SMILES string of the molecule is CC(N)(C(N)=O)C1(SCc2ccccc2)OC(=O)C(O)C(O)C(=O)O1. The number of amides is 1. The molecular formula is C15H18N2O7S. The van der Waals surface area contributed by atoms with Crippen molar-refractivity contribution in [1.82, 2.24) is 0 Å². The van der Waals surface area contributed by atoms with Crippen LogP contribution in [0.4, 0.5) is 0 Å². The number of cyclic esters (lactones) is 2. The van der Waals surface area contributed by atoms with Gasteiger partial charge >= 0.3 is 17.1 Å². The molecule has 0 spiro atoms. The van der Waals surface area contributed by atoms with Gasteiger partial charge in [-0.05, 0) is 12.5 Å². The molecule has 1 aromatic carbocycles. The molecule has 0 radical (unpaired) electrons. The Balaban J connectivity index is 2.43. The van der Waals surface area contributed by atoms with Gasteiger partial charge in [-0.3, -0.25) is 4.79 Å². The lowest BCUT2D eigenvalue weighted by Gasteiger charge is -2.40. The van der Waals surface area contributed by atoms with Crippen LogP contribution in [0.5, 0.6) is 0 Å². The van der Waals surface area contributed by atoms with E-state index in [-0.39, 0.29) is 5.75 Å². The van der Waals surface area contributed by atoms with Crippen molar-refractivity contribution in [2.45, 2.75) is 35.5 Å². The first-order valence-electron chi connectivity index (χ1n) is 7.19. The van der Waals surface area contributed by atoms with Gasteiger partial charge in [-0.2, -0.15) is 0 Å². The second-order valence-corrected chi connectivity index (χ2v) is 6.74. The summed E-state index contributed by atoms with van der Waals surface area (Å²) in [5, 5.41) is 16.9. The van der Waals surface area contributed by atoms with E-state index in [1.807, 2.05) is 0 Å². The van der Waals surface area contributed by atoms with Crippen molar-refractivity contribution in [2.24, 2.45) is 11.5 Å². The third kappa shape index (κ3) is 3.61. The molecule has 1 aliphatic rings. The van der Waals surface area contributed by atoms with Crippen molar-refractivity contribution >= 4 is 29.6 Å². The van der Waals surface area contributed by atoms with E-state index in [2.05, 4.69) is 0 Å². The van der Waals surface area contributed by atoms with Crippen LogP contribution < -0.4 is 11.5 Å². The molecule has 9 nitrogen and oxygen atoms in total. The number of carbonyl (C=O) groups excluding carboxylic acids is 3. The van der Waals surface area contributed by atoms with Crippen LogP contribution in [0.15, 0.2) is 30.3 Å². The van der Waals surface area contributed by atoms with Crippen molar-refractivity contribution < 1.29 is 34.1 Å². The van der Waals surface area contributed by atoms with Gasteiger partial charge in [-0.25, -0.2) is 9.59 Å². The van der Waals surface area contributed by atoms with Gasteiger partial charge < -0.3 is 31.2 Å². The van der Waals surface area contributed by atoms with Gasteiger partial charge in [0, 0.05) is 5.75 Å². The average molecular weight is 370 g/mol. The lowest BCUT2D eigenvalue weighted by Crippen LogP contribution is -2.67. The zero-order valence-electron chi connectivity index (χ0n) is 13.2. The molecule has 10 heteroatoms. The number of thioether (sulfide) groups is 1. The van der Waals surface area contributed by atoms with E-state index in [0.717, 1.165) is 24.2 Å². The highest BCUT2D eigenvalue weighted by Gasteiger charge is 2.61. The highest BCUT2D eigenvalue weighted by atomic mass is 32.2. The number of ether oxygens (including phenoxy) is 2. The molecule has 3 unspecified atom stereocenters. The highest BCUT2D eigenvalue weighted by molar-refractivity contribution is 7.99. The Labute approximate surface area is 147 Å². The monoisotopic (exact) mass is 370 g/mol. The van der Waals surface area contributed by atoms with Crippen LogP contribution in [0.3, 0.4) is 0 Å². The molecule has 1 amide bonds. The Morgan fingerprint density at radius 3 is 2.12 bits per heavy atom. The van der Waals surface area contributed by atoms with Crippen molar-refractivity contribution in [3.8, 4) is 0 Å². The van der Waals surface area contributed by atoms with Gasteiger partial charge in [-0.15, -0.1) is 0 Å². The Hall–Kier alpha value is -2.14. The molecule has 0 saturated carbocycles. The summed E-state index contributed by atoms with van der Waals surface area (Å²) in [7, 11) is 0. The number of esters is 2. The minimum absolute atomic E-state index is 0.133. The lowest BCUT2D eigenvalue weighted by atomic mass is 10.0. The van der Waals surface area contributed by atoms with Crippen LogP contribution in [0.1, 0.15) is 12.5 Å². The first kappa shape index (κ1) is 19.2. The zero-order valence-corrected chi connectivity index (χ0v) is 14.1. The lowest BCUT2D eigenvalue weighted by molar-refractivity contribution is -0.208. The summed E-state index contributed by atoms with van der Waals surface area (Å²) in [5.41, 5.74) is 9.80. The third-order valence-electron chi connectivity index (χ3n) is 3.67. The first-order valence-corrected chi connectivity index (χ1v) is 8.18. The number of carbonyl (C=O) groups is 3. The smallest absolute Gasteiger partial charge is 0.342 e. The normalized spacial score (nSPS) is 29.1. The summed E-state index contributed by atoms with van der Waals surface area (Å²) in [5.74, 6) is -3.71. The molecule has 25 heavy (non-hydrogen) atoms. The number of aliphatic hydroxyl groups excluding tert-OH is 2. The van der Waals surface area contributed by atoms with Crippen LogP contribution in [0.25, 0.3) is 0 Å². The fourth-order valence-corrected chi connectivity index (χ4v) is 3.22. The average Bonchev–Trinajstić information content (AvgIpc) is 2.65. The van der Waals surface area contributed by atoms with Gasteiger partial charge in [0.25, 0.3) is 0 Å². The van der Waals surface area contributed by atoms with Crippen molar-refractivity contribution in [2.75, 3.05) is 0 Å². The Morgan fingerprint density at radius 1 is 1.20 bits per heavy atom. The van der Waals surface area contributed by atoms with Gasteiger partial charge in [-0.1, -0.05) is 42.1 Å². The number of hydrogen-bond acceptors (Lipinski definition) is 9. The van der Waals surface area contributed by atoms with Crippen molar-refractivity contribution in [1.29, 1.82) is 0 Å². The standard InChI is InChI=1S/C15H18N2O7S/c1-14(17,13(16)22)15(25-7-8-5-3-2-4-6-8)23-11(20)9(18)10(19)12(21)24-15/h2-6,9-10,18-19H,7,17H2,1H3,(H2,16,22). The van der Waals surface area contributed by atoms with E-state index < -0.39 is 40.7 Å². The summed E-state index contributed by atoms with van der Waals surface area (Å²) < 4.78 is 10.1. The molecule has 1 saturated heterocycles. The molecule has 2 rings (SSSR count). The summed E-state index contributed by atoms with van der Waals surface area (Å²) >= 11 is 0.724. The maximum Gasteiger partial charge on any atom is 0.342 e. The maximum atomic E-state index is 12.0. The van der Waals surface area contributed by atoms with Crippen LogP contribution in [-0.2, 0) is 29.6 Å². The molecule has 0 bridgehead atoms. The minimum atomic E-state index is -2.36. The van der Waals surface area contributed by atoms with E-state index in [4.69, 9.17) is 20.9 Å². The van der Waals surface area contributed by atoms with Crippen LogP contribution in [0.2, 0.25) is 0 Å². The highest BCUT2D eigenvalue weighted by Crippen LogP contribution is 2.41. The quantitative estimate of drug-likeness (QED) is 0.456. The summed E-state index contributed by atoms with van der Waals surface area (Å²) in [4.78, 5) is 35.8. The second-order valence-electron chi connectivity index (χ2n) is 5.63. The van der Waals surface area contributed by atoms with Gasteiger partial charge in [0.1, 0.15) is 0 Å². The molecular weight excluding hydrogens is 352 g/mol. The summed E-state index contributed by atoms with van der Waals surface area (Å²) in [6.45, 7) is 1.12. The second kappa shape index (κ2) is 7.00. The Morgan fingerprint density at radius 2 is 1.68 bits per heavy atom. The largest absolute Gasteiger partial charge is 0.408 e. The fraction of sp³-hybridized carbons (Fsp3) is 0.400. The zero-order chi connectivity index (χ0) is 18.8. The molecule has 3 atom stereocenters. The topological polar surface area (TPSA) is 162 Å². The van der Waals surface area contributed by atoms with E-state index in [1.54, 1.807) is 30.3 Å².